The van der Waals surface area contributed by atoms with Crippen LogP contribution in [0.5, 0.6) is 0 Å². The van der Waals surface area contributed by atoms with Crippen molar-refractivity contribution < 1.29 is 13.0 Å². The van der Waals surface area contributed by atoms with E-state index in [1.54, 1.807) is 0 Å². The lowest BCUT2D eigenvalue weighted by Crippen LogP contribution is -2.20. The third-order valence-corrected chi connectivity index (χ3v) is 9.24. The SMILES string of the molecule is CCCCCCCCCCCCCCCCCCCCC(CCCCCCCCCCC)S(=O)(=O)O.N. The van der Waals surface area contributed by atoms with E-state index < -0.39 is 15.4 Å². The smallest absolute Gasteiger partial charge is 0.267 e. The van der Waals surface area contributed by atoms with Crippen LogP contribution in [0.4, 0.5) is 0 Å². The van der Waals surface area contributed by atoms with Crippen LogP contribution < -0.4 is 6.15 Å². The van der Waals surface area contributed by atoms with E-state index in [0.29, 0.717) is 12.8 Å². The van der Waals surface area contributed by atoms with Crippen molar-refractivity contribution in [3.05, 3.63) is 0 Å². The molecule has 37 heavy (non-hydrogen) atoms. The fraction of sp³-hybridized carbons (Fsp3) is 1.00. The standard InChI is InChI=1S/C32H66O3S.H3N/c1-3-5-7-9-11-13-14-15-16-17-18-19-20-21-23-25-27-29-31-32(36(33,34)35)30-28-26-24-22-12-10-8-6-4-2;/h32H,3-31H2,1-2H3,(H,33,34,35);1H3. The van der Waals surface area contributed by atoms with Crippen LogP contribution >= 0.6 is 0 Å². The molecule has 0 aliphatic heterocycles. The summed E-state index contributed by atoms with van der Waals surface area (Å²) in [7, 11) is -3.90. The van der Waals surface area contributed by atoms with Crippen molar-refractivity contribution in [2.24, 2.45) is 0 Å². The van der Waals surface area contributed by atoms with Gasteiger partial charge in [0.25, 0.3) is 10.1 Å². The minimum atomic E-state index is -3.90. The van der Waals surface area contributed by atoms with Gasteiger partial charge in [-0.25, -0.2) is 0 Å². The predicted molar refractivity (Wildman–Crippen MR) is 166 cm³/mol. The molecule has 0 bridgehead atoms. The molecule has 0 radical (unpaired) electrons. The molecular weight excluding hydrogens is 478 g/mol. The van der Waals surface area contributed by atoms with Crippen LogP contribution in [0.2, 0.25) is 0 Å². The molecule has 0 aromatic heterocycles. The first-order chi connectivity index (χ1) is 17.5. The molecule has 1 unspecified atom stereocenters. The van der Waals surface area contributed by atoms with Gasteiger partial charge in [0.1, 0.15) is 0 Å². The molecule has 0 aromatic carbocycles. The molecule has 0 rings (SSSR count). The number of unbranched alkanes of at least 4 members (excludes halogenated alkanes) is 25. The maximum absolute atomic E-state index is 11.8. The van der Waals surface area contributed by atoms with Crippen molar-refractivity contribution in [2.75, 3.05) is 0 Å². The molecule has 0 aliphatic rings. The average Bonchev–Trinajstić information content (AvgIpc) is 2.85. The summed E-state index contributed by atoms with van der Waals surface area (Å²) in [6.45, 7) is 4.53. The Kier molecular flexibility index (Phi) is 32.1. The molecule has 1 atom stereocenters. The van der Waals surface area contributed by atoms with E-state index in [1.165, 1.54) is 148 Å². The lowest BCUT2D eigenvalue weighted by molar-refractivity contribution is 0.442. The third kappa shape index (κ3) is 30.3. The molecule has 0 aromatic rings. The van der Waals surface area contributed by atoms with Crippen molar-refractivity contribution in [1.29, 1.82) is 0 Å². The Morgan fingerprint density at radius 3 is 0.784 bits per heavy atom. The average molecular weight is 548 g/mol. The minimum Gasteiger partial charge on any atom is -0.344 e. The van der Waals surface area contributed by atoms with E-state index in [0.717, 1.165) is 25.7 Å². The lowest BCUT2D eigenvalue weighted by Gasteiger charge is -2.13. The Balaban J connectivity index is 0. The van der Waals surface area contributed by atoms with Gasteiger partial charge in [0.05, 0.1) is 5.25 Å². The highest BCUT2D eigenvalue weighted by Gasteiger charge is 2.21. The first-order valence-electron chi connectivity index (χ1n) is 16.5. The predicted octanol–water partition coefficient (Wildman–Crippen LogP) is 11.8. The molecule has 0 saturated carbocycles. The van der Waals surface area contributed by atoms with Crippen molar-refractivity contribution in [3.63, 3.8) is 0 Å². The Morgan fingerprint density at radius 2 is 0.595 bits per heavy atom. The van der Waals surface area contributed by atoms with Crippen LogP contribution in [-0.4, -0.2) is 18.2 Å². The molecule has 4 N–H and O–H groups in total. The van der Waals surface area contributed by atoms with Gasteiger partial charge in [0.15, 0.2) is 0 Å². The first kappa shape index (κ1) is 39.0. The van der Waals surface area contributed by atoms with E-state index in [4.69, 9.17) is 0 Å². The van der Waals surface area contributed by atoms with Crippen molar-refractivity contribution in [2.45, 2.75) is 205 Å². The summed E-state index contributed by atoms with van der Waals surface area (Å²) in [6.07, 6.45) is 36.5. The molecule has 0 spiro atoms. The van der Waals surface area contributed by atoms with Crippen molar-refractivity contribution in [1.82, 2.24) is 6.15 Å². The van der Waals surface area contributed by atoms with Gasteiger partial charge < -0.3 is 6.15 Å². The highest BCUT2D eigenvalue weighted by Crippen LogP contribution is 2.20. The fourth-order valence-corrected chi connectivity index (χ4v) is 6.33. The van der Waals surface area contributed by atoms with E-state index in [9.17, 15) is 13.0 Å². The van der Waals surface area contributed by atoms with Crippen LogP contribution in [0.25, 0.3) is 0 Å². The topological polar surface area (TPSA) is 89.4 Å². The van der Waals surface area contributed by atoms with Crippen LogP contribution in [0.15, 0.2) is 0 Å². The van der Waals surface area contributed by atoms with Gasteiger partial charge in [-0.1, -0.05) is 187 Å². The Hall–Kier alpha value is -0.130. The molecule has 226 valence electrons. The monoisotopic (exact) mass is 547 g/mol. The zero-order valence-corrected chi connectivity index (χ0v) is 26.3. The summed E-state index contributed by atoms with van der Waals surface area (Å²) in [5.41, 5.74) is 0. The summed E-state index contributed by atoms with van der Waals surface area (Å²) >= 11 is 0. The summed E-state index contributed by atoms with van der Waals surface area (Å²) in [5.74, 6) is 0. The van der Waals surface area contributed by atoms with Crippen LogP contribution in [0, 0.1) is 0 Å². The summed E-state index contributed by atoms with van der Waals surface area (Å²) < 4.78 is 33.2. The van der Waals surface area contributed by atoms with Gasteiger partial charge in [0.2, 0.25) is 0 Å². The maximum atomic E-state index is 11.8. The molecule has 0 saturated heterocycles. The molecule has 5 heteroatoms. The Bertz CT molecular complexity index is 524. The molecule has 0 fully saturated rings. The second-order valence-corrected chi connectivity index (χ2v) is 13.2. The summed E-state index contributed by atoms with van der Waals surface area (Å²) in [5, 5.41) is -0.539. The molecule has 0 aliphatic carbocycles. The van der Waals surface area contributed by atoms with E-state index in [-0.39, 0.29) is 6.15 Å². The minimum absolute atomic E-state index is 0. The molecule has 0 heterocycles. The zero-order valence-electron chi connectivity index (χ0n) is 25.5. The van der Waals surface area contributed by atoms with Crippen LogP contribution in [-0.2, 0) is 10.1 Å². The number of hydrogen-bond donors (Lipinski definition) is 2. The molecule has 4 nitrogen and oxygen atoms in total. The van der Waals surface area contributed by atoms with Crippen LogP contribution in [0.1, 0.15) is 200 Å². The van der Waals surface area contributed by atoms with E-state index >= 15 is 0 Å². The number of rotatable bonds is 30. The summed E-state index contributed by atoms with van der Waals surface area (Å²) in [6, 6.07) is 0. The molecular formula is C32H69NO3S. The van der Waals surface area contributed by atoms with E-state index in [1.807, 2.05) is 0 Å². The van der Waals surface area contributed by atoms with E-state index in [2.05, 4.69) is 13.8 Å². The van der Waals surface area contributed by atoms with Crippen molar-refractivity contribution >= 4 is 10.1 Å². The number of hydrogen-bond acceptors (Lipinski definition) is 3. The van der Waals surface area contributed by atoms with Gasteiger partial charge in [-0.3, -0.25) is 4.55 Å². The second-order valence-electron chi connectivity index (χ2n) is 11.6. The van der Waals surface area contributed by atoms with Gasteiger partial charge >= 0.3 is 0 Å². The normalized spacial score (nSPS) is 12.5. The maximum Gasteiger partial charge on any atom is 0.267 e. The van der Waals surface area contributed by atoms with Gasteiger partial charge in [-0.05, 0) is 12.8 Å². The first-order valence-corrected chi connectivity index (χ1v) is 18.0. The summed E-state index contributed by atoms with van der Waals surface area (Å²) in [4.78, 5) is 0. The fourth-order valence-electron chi connectivity index (χ4n) is 5.40. The highest BCUT2D eigenvalue weighted by atomic mass is 32.2. The largest absolute Gasteiger partial charge is 0.344 e. The lowest BCUT2D eigenvalue weighted by atomic mass is 10.0. The zero-order chi connectivity index (χ0) is 26.6. The van der Waals surface area contributed by atoms with Crippen LogP contribution in [0.3, 0.4) is 0 Å². The van der Waals surface area contributed by atoms with Gasteiger partial charge in [-0.2, -0.15) is 8.42 Å². The van der Waals surface area contributed by atoms with Gasteiger partial charge in [0, 0.05) is 0 Å². The highest BCUT2D eigenvalue weighted by molar-refractivity contribution is 7.86. The Labute approximate surface area is 234 Å². The Morgan fingerprint density at radius 1 is 0.405 bits per heavy atom. The van der Waals surface area contributed by atoms with Crippen molar-refractivity contribution in [3.8, 4) is 0 Å². The third-order valence-electron chi connectivity index (χ3n) is 7.93. The second kappa shape index (κ2) is 30.4. The van der Waals surface area contributed by atoms with Gasteiger partial charge in [-0.15, -0.1) is 0 Å². The molecule has 0 amide bonds. The quantitative estimate of drug-likeness (QED) is 0.0691.